The molecule has 6 heteroatoms. The largest absolute Gasteiger partial charge is 0.497 e. The Morgan fingerprint density at radius 3 is 2.54 bits per heavy atom. The van der Waals surface area contributed by atoms with Gasteiger partial charge in [-0.15, -0.1) is 10.2 Å². The second-order valence-electron chi connectivity index (χ2n) is 6.31. The van der Waals surface area contributed by atoms with E-state index in [1.165, 1.54) is 6.42 Å². The van der Waals surface area contributed by atoms with E-state index in [9.17, 15) is 4.79 Å². The van der Waals surface area contributed by atoms with Gasteiger partial charge in [-0.25, -0.2) is 0 Å². The van der Waals surface area contributed by atoms with Crippen molar-refractivity contribution in [3.05, 3.63) is 59.9 Å². The molecule has 0 spiro atoms. The smallest absolute Gasteiger partial charge is 0.255 e. The van der Waals surface area contributed by atoms with Gasteiger partial charge in [0.25, 0.3) is 5.91 Å². The number of amides is 1. The topological polar surface area (TPSA) is 69.0 Å². The SMILES string of the molecule is COc1ccc(C(=O)Nc2ccc(-c3nnc4n3CCCC4)cc2)cc1. The second-order valence-corrected chi connectivity index (χ2v) is 6.31. The number of ether oxygens (including phenoxy) is 1. The van der Waals surface area contributed by atoms with Gasteiger partial charge in [-0.3, -0.25) is 4.79 Å². The van der Waals surface area contributed by atoms with E-state index >= 15 is 0 Å². The van der Waals surface area contributed by atoms with E-state index in [2.05, 4.69) is 20.1 Å². The van der Waals surface area contributed by atoms with Gasteiger partial charge in [0, 0.05) is 29.8 Å². The number of nitrogens with one attached hydrogen (secondary N) is 1. The third-order valence-corrected chi connectivity index (χ3v) is 4.61. The van der Waals surface area contributed by atoms with E-state index in [1.54, 1.807) is 31.4 Å². The standard InChI is InChI=1S/C20H20N4O2/c1-26-17-11-7-15(8-12-17)20(25)21-16-9-5-14(6-10-16)19-23-22-18-4-2-3-13-24(18)19/h5-12H,2-4,13H2,1H3,(H,21,25). The predicted octanol–water partition coefficient (Wildman–Crippen LogP) is 3.54. The fraction of sp³-hybridized carbons (Fsp3) is 0.250. The van der Waals surface area contributed by atoms with Crippen LogP contribution in [0.2, 0.25) is 0 Å². The first kappa shape index (κ1) is 16.3. The first-order chi connectivity index (χ1) is 12.7. The molecule has 0 unspecified atom stereocenters. The molecule has 3 aromatic rings. The Labute approximate surface area is 151 Å². The number of benzene rings is 2. The molecule has 1 aliphatic heterocycles. The Morgan fingerprint density at radius 1 is 1.04 bits per heavy atom. The van der Waals surface area contributed by atoms with Crippen LogP contribution in [0.15, 0.2) is 48.5 Å². The molecule has 0 atom stereocenters. The molecule has 1 aromatic heterocycles. The number of hydrogen-bond donors (Lipinski definition) is 1. The van der Waals surface area contributed by atoms with E-state index in [1.807, 2.05) is 24.3 Å². The third-order valence-electron chi connectivity index (χ3n) is 4.61. The third kappa shape index (κ3) is 3.18. The molecule has 1 amide bonds. The van der Waals surface area contributed by atoms with Crippen LogP contribution in [0.1, 0.15) is 29.0 Å². The summed E-state index contributed by atoms with van der Waals surface area (Å²) in [4.78, 5) is 12.3. The Morgan fingerprint density at radius 2 is 1.81 bits per heavy atom. The number of carbonyl (C=O) groups excluding carboxylic acids is 1. The highest BCUT2D eigenvalue weighted by Crippen LogP contribution is 2.24. The summed E-state index contributed by atoms with van der Waals surface area (Å²) in [5.41, 5.74) is 2.34. The maximum Gasteiger partial charge on any atom is 0.255 e. The van der Waals surface area contributed by atoms with Crippen molar-refractivity contribution in [2.75, 3.05) is 12.4 Å². The van der Waals surface area contributed by atoms with Gasteiger partial charge in [0.1, 0.15) is 11.6 Å². The number of rotatable bonds is 4. The van der Waals surface area contributed by atoms with Gasteiger partial charge < -0.3 is 14.6 Å². The predicted molar refractivity (Wildman–Crippen MR) is 99.3 cm³/mol. The average molecular weight is 348 g/mol. The number of fused-ring (bicyclic) bond motifs is 1. The molecule has 6 nitrogen and oxygen atoms in total. The van der Waals surface area contributed by atoms with Gasteiger partial charge in [0.15, 0.2) is 5.82 Å². The molecule has 2 heterocycles. The zero-order valence-electron chi connectivity index (χ0n) is 14.6. The minimum Gasteiger partial charge on any atom is -0.497 e. The summed E-state index contributed by atoms with van der Waals surface area (Å²) in [6.07, 6.45) is 3.32. The highest BCUT2D eigenvalue weighted by Gasteiger charge is 2.16. The fourth-order valence-corrected chi connectivity index (χ4v) is 3.17. The van der Waals surface area contributed by atoms with Crippen molar-refractivity contribution in [3.63, 3.8) is 0 Å². The number of hydrogen-bond acceptors (Lipinski definition) is 4. The quantitative estimate of drug-likeness (QED) is 0.783. The molecule has 1 N–H and O–H groups in total. The number of anilines is 1. The maximum atomic E-state index is 12.3. The van der Waals surface area contributed by atoms with Crippen LogP contribution in [-0.2, 0) is 13.0 Å². The van der Waals surface area contributed by atoms with Crippen molar-refractivity contribution in [2.45, 2.75) is 25.8 Å². The Hall–Kier alpha value is -3.15. The lowest BCUT2D eigenvalue weighted by molar-refractivity contribution is 0.102. The van der Waals surface area contributed by atoms with E-state index in [0.717, 1.165) is 48.0 Å². The molecular weight excluding hydrogens is 328 g/mol. The second kappa shape index (κ2) is 7.00. The van der Waals surface area contributed by atoms with E-state index < -0.39 is 0 Å². The molecule has 132 valence electrons. The average Bonchev–Trinajstić information content (AvgIpc) is 3.13. The summed E-state index contributed by atoms with van der Waals surface area (Å²) in [7, 11) is 1.60. The molecule has 2 aromatic carbocycles. The maximum absolute atomic E-state index is 12.3. The van der Waals surface area contributed by atoms with Gasteiger partial charge in [-0.1, -0.05) is 0 Å². The minimum absolute atomic E-state index is 0.153. The molecule has 0 saturated heterocycles. The van der Waals surface area contributed by atoms with Gasteiger partial charge in [-0.2, -0.15) is 0 Å². The number of aromatic nitrogens is 3. The van der Waals surface area contributed by atoms with Crippen LogP contribution >= 0.6 is 0 Å². The van der Waals surface area contributed by atoms with Crippen LogP contribution in [0, 0.1) is 0 Å². The first-order valence-electron chi connectivity index (χ1n) is 8.72. The van der Waals surface area contributed by atoms with Crippen LogP contribution in [0.25, 0.3) is 11.4 Å². The van der Waals surface area contributed by atoms with Crippen molar-refractivity contribution in [1.29, 1.82) is 0 Å². The zero-order valence-corrected chi connectivity index (χ0v) is 14.6. The van der Waals surface area contributed by atoms with Crippen LogP contribution in [0.5, 0.6) is 5.75 Å². The minimum atomic E-state index is -0.153. The van der Waals surface area contributed by atoms with Gasteiger partial charge in [0.05, 0.1) is 7.11 Å². The fourth-order valence-electron chi connectivity index (χ4n) is 3.17. The lowest BCUT2D eigenvalue weighted by Gasteiger charge is -2.14. The van der Waals surface area contributed by atoms with Crippen molar-refractivity contribution in [1.82, 2.24) is 14.8 Å². The normalized spacial score (nSPS) is 13.1. The zero-order chi connectivity index (χ0) is 17.9. The first-order valence-corrected chi connectivity index (χ1v) is 8.72. The monoisotopic (exact) mass is 348 g/mol. The molecule has 0 radical (unpaired) electrons. The lowest BCUT2D eigenvalue weighted by Crippen LogP contribution is -2.12. The highest BCUT2D eigenvalue weighted by molar-refractivity contribution is 6.04. The van der Waals surface area contributed by atoms with Crippen LogP contribution in [0.4, 0.5) is 5.69 Å². The molecule has 4 rings (SSSR count). The number of aryl methyl sites for hydroxylation is 1. The van der Waals surface area contributed by atoms with Gasteiger partial charge >= 0.3 is 0 Å². The molecule has 26 heavy (non-hydrogen) atoms. The number of carbonyl (C=O) groups is 1. The van der Waals surface area contributed by atoms with Gasteiger partial charge in [0.2, 0.25) is 0 Å². The summed E-state index contributed by atoms with van der Waals surface area (Å²) in [6, 6.07) is 14.7. The molecule has 1 aliphatic rings. The molecule has 0 fully saturated rings. The Bertz CT molecular complexity index is 914. The molecule has 0 saturated carbocycles. The summed E-state index contributed by atoms with van der Waals surface area (Å²) in [6.45, 7) is 0.966. The van der Waals surface area contributed by atoms with Crippen molar-refractivity contribution in [2.24, 2.45) is 0 Å². The van der Waals surface area contributed by atoms with Crippen LogP contribution in [0.3, 0.4) is 0 Å². The molecule has 0 bridgehead atoms. The highest BCUT2D eigenvalue weighted by atomic mass is 16.5. The number of methoxy groups -OCH3 is 1. The summed E-state index contributed by atoms with van der Waals surface area (Å²) >= 11 is 0. The molecular formula is C20H20N4O2. The Balaban J connectivity index is 1.49. The molecule has 0 aliphatic carbocycles. The van der Waals surface area contributed by atoms with Crippen molar-refractivity contribution < 1.29 is 9.53 Å². The van der Waals surface area contributed by atoms with Crippen molar-refractivity contribution in [3.8, 4) is 17.1 Å². The summed E-state index contributed by atoms with van der Waals surface area (Å²) < 4.78 is 7.30. The Kier molecular flexibility index (Phi) is 4.39. The van der Waals surface area contributed by atoms with Crippen LogP contribution < -0.4 is 10.1 Å². The van der Waals surface area contributed by atoms with E-state index in [4.69, 9.17) is 4.74 Å². The van der Waals surface area contributed by atoms with E-state index in [0.29, 0.717) is 5.56 Å². The van der Waals surface area contributed by atoms with Gasteiger partial charge in [-0.05, 0) is 61.4 Å². The van der Waals surface area contributed by atoms with E-state index in [-0.39, 0.29) is 5.91 Å². The van der Waals surface area contributed by atoms with Crippen LogP contribution in [-0.4, -0.2) is 27.8 Å². The lowest BCUT2D eigenvalue weighted by atomic mass is 10.1. The number of nitrogens with zero attached hydrogens (tertiary/aromatic N) is 3. The summed E-state index contributed by atoms with van der Waals surface area (Å²) in [5, 5.41) is 11.5. The van der Waals surface area contributed by atoms with Crippen molar-refractivity contribution >= 4 is 11.6 Å². The summed E-state index contributed by atoms with van der Waals surface area (Å²) in [5.74, 6) is 2.53.